The van der Waals surface area contributed by atoms with Gasteiger partial charge in [0, 0.05) is 6.42 Å². The fraction of sp³-hybridized carbons (Fsp3) is 0.455. The van der Waals surface area contributed by atoms with Crippen molar-refractivity contribution in [2.45, 2.75) is 31.8 Å². The van der Waals surface area contributed by atoms with Gasteiger partial charge in [0.2, 0.25) is 0 Å². The van der Waals surface area contributed by atoms with Crippen LogP contribution < -0.4 is 5.73 Å². The average Bonchev–Trinajstić information content (AvgIpc) is 2.90. The molecule has 0 radical (unpaired) electrons. The lowest BCUT2D eigenvalue weighted by atomic mass is 10.1. The van der Waals surface area contributed by atoms with Crippen LogP contribution in [0.1, 0.15) is 36.4 Å². The van der Waals surface area contributed by atoms with Crippen molar-refractivity contribution in [1.29, 1.82) is 0 Å². The van der Waals surface area contributed by atoms with Crippen LogP contribution in [0.25, 0.3) is 0 Å². The zero-order chi connectivity index (χ0) is 11.0. The second-order valence-corrected chi connectivity index (χ2v) is 4.12. The second-order valence-electron chi connectivity index (χ2n) is 4.12. The first-order valence-corrected chi connectivity index (χ1v) is 5.55. The molecule has 2 aromatic rings. The Morgan fingerprint density at radius 3 is 3.25 bits per heavy atom. The van der Waals surface area contributed by atoms with Crippen LogP contribution in [0.3, 0.4) is 0 Å². The van der Waals surface area contributed by atoms with Crippen LogP contribution >= 0.6 is 0 Å². The van der Waals surface area contributed by atoms with Gasteiger partial charge >= 0.3 is 0 Å². The molecular formula is C11H14N4O. The average molecular weight is 218 g/mol. The molecule has 2 N–H and O–H groups in total. The van der Waals surface area contributed by atoms with Crippen molar-refractivity contribution in [1.82, 2.24) is 14.8 Å². The van der Waals surface area contributed by atoms with Gasteiger partial charge in [-0.3, -0.25) is 4.57 Å². The first-order valence-electron chi connectivity index (χ1n) is 5.55. The zero-order valence-corrected chi connectivity index (χ0v) is 8.97. The van der Waals surface area contributed by atoms with E-state index in [-0.39, 0.29) is 6.17 Å². The van der Waals surface area contributed by atoms with Crippen molar-refractivity contribution in [3.05, 3.63) is 35.8 Å². The minimum Gasteiger partial charge on any atom is -0.469 e. The third-order valence-electron chi connectivity index (χ3n) is 2.98. The Morgan fingerprint density at radius 1 is 1.50 bits per heavy atom. The van der Waals surface area contributed by atoms with Crippen LogP contribution in [-0.4, -0.2) is 14.8 Å². The summed E-state index contributed by atoms with van der Waals surface area (Å²) in [5.41, 5.74) is 6.07. The molecule has 0 aromatic carbocycles. The first kappa shape index (κ1) is 9.59. The van der Waals surface area contributed by atoms with Crippen LogP contribution in [-0.2, 0) is 12.8 Å². The van der Waals surface area contributed by atoms with E-state index < -0.39 is 0 Å². The monoisotopic (exact) mass is 218 g/mol. The van der Waals surface area contributed by atoms with Crippen LogP contribution in [0, 0.1) is 0 Å². The van der Waals surface area contributed by atoms with Gasteiger partial charge in [-0.2, -0.15) is 0 Å². The molecule has 0 saturated heterocycles. The summed E-state index contributed by atoms with van der Waals surface area (Å²) >= 11 is 0. The number of rotatable bonds is 2. The van der Waals surface area contributed by atoms with Gasteiger partial charge in [-0.05, 0) is 25.0 Å². The Labute approximate surface area is 93.3 Å². The standard InChI is InChI=1S/C11H14N4O/c12-9-4-1-5-10-13-14-11(15(9)10)7-8-3-2-6-16-8/h2-3,6,9H,1,4-5,7,12H2. The summed E-state index contributed by atoms with van der Waals surface area (Å²) in [6, 6.07) is 3.82. The lowest BCUT2D eigenvalue weighted by Crippen LogP contribution is -2.26. The lowest BCUT2D eigenvalue weighted by Gasteiger charge is -2.22. The predicted octanol–water partition coefficient (Wildman–Crippen LogP) is 1.26. The highest BCUT2D eigenvalue weighted by atomic mass is 16.3. The maximum Gasteiger partial charge on any atom is 0.141 e. The largest absolute Gasteiger partial charge is 0.469 e. The number of aromatic nitrogens is 3. The zero-order valence-electron chi connectivity index (χ0n) is 8.97. The van der Waals surface area contributed by atoms with E-state index in [0.717, 1.165) is 36.7 Å². The maximum atomic E-state index is 6.07. The van der Waals surface area contributed by atoms with Gasteiger partial charge in [-0.1, -0.05) is 0 Å². The van der Waals surface area contributed by atoms with E-state index in [1.54, 1.807) is 6.26 Å². The van der Waals surface area contributed by atoms with Gasteiger partial charge in [-0.15, -0.1) is 10.2 Å². The third kappa shape index (κ3) is 1.53. The summed E-state index contributed by atoms with van der Waals surface area (Å²) in [6.07, 6.45) is 5.41. The fourth-order valence-corrected chi connectivity index (χ4v) is 2.20. The summed E-state index contributed by atoms with van der Waals surface area (Å²) in [7, 11) is 0. The Hall–Kier alpha value is -1.62. The fourth-order valence-electron chi connectivity index (χ4n) is 2.20. The number of aryl methyl sites for hydroxylation is 1. The molecule has 16 heavy (non-hydrogen) atoms. The van der Waals surface area contributed by atoms with E-state index in [4.69, 9.17) is 10.2 Å². The van der Waals surface area contributed by atoms with E-state index in [1.165, 1.54) is 0 Å². The van der Waals surface area contributed by atoms with Crippen LogP contribution in [0.15, 0.2) is 22.8 Å². The number of hydrogen-bond donors (Lipinski definition) is 1. The van der Waals surface area contributed by atoms with Crippen molar-refractivity contribution in [3.8, 4) is 0 Å². The van der Waals surface area contributed by atoms with Crippen molar-refractivity contribution >= 4 is 0 Å². The molecule has 2 aromatic heterocycles. The second kappa shape index (κ2) is 3.75. The molecular weight excluding hydrogens is 204 g/mol. The van der Waals surface area contributed by atoms with Crippen LogP contribution in [0.2, 0.25) is 0 Å². The minimum absolute atomic E-state index is 0.0173. The van der Waals surface area contributed by atoms with E-state index >= 15 is 0 Å². The quantitative estimate of drug-likeness (QED) is 0.823. The molecule has 0 saturated carbocycles. The molecule has 1 atom stereocenters. The Balaban J connectivity index is 1.93. The number of hydrogen-bond acceptors (Lipinski definition) is 4. The highest BCUT2D eigenvalue weighted by Gasteiger charge is 2.22. The summed E-state index contributed by atoms with van der Waals surface area (Å²) < 4.78 is 7.36. The maximum absolute atomic E-state index is 6.07. The molecule has 0 amide bonds. The molecule has 0 fully saturated rings. The van der Waals surface area contributed by atoms with Gasteiger partial charge in [0.15, 0.2) is 0 Å². The van der Waals surface area contributed by atoms with Crippen LogP contribution in [0.5, 0.6) is 0 Å². The summed E-state index contributed by atoms with van der Waals surface area (Å²) in [5.74, 6) is 2.80. The summed E-state index contributed by atoms with van der Waals surface area (Å²) in [5, 5.41) is 8.38. The minimum atomic E-state index is 0.0173. The van der Waals surface area contributed by atoms with Crippen molar-refractivity contribution in [3.63, 3.8) is 0 Å². The molecule has 1 unspecified atom stereocenters. The molecule has 3 rings (SSSR count). The molecule has 5 heteroatoms. The van der Waals surface area contributed by atoms with Gasteiger partial charge in [-0.25, -0.2) is 0 Å². The smallest absolute Gasteiger partial charge is 0.141 e. The number of fused-ring (bicyclic) bond motifs is 1. The Morgan fingerprint density at radius 2 is 2.44 bits per heavy atom. The highest BCUT2D eigenvalue weighted by Crippen LogP contribution is 2.22. The van der Waals surface area contributed by atoms with E-state index in [1.807, 2.05) is 16.7 Å². The van der Waals surface area contributed by atoms with Gasteiger partial charge in [0.1, 0.15) is 17.4 Å². The molecule has 0 aliphatic carbocycles. The molecule has 0 spiro atoms. The lowest BCUT2D eigenvalue weighted by molar-refractivity contribution is 0.395. The van der Waals surface area contributed by atoms with Crippen molar-refractivity contribution < 1.29 is 4.42 Å². The Kier molecular flexibility index (Phi) is 2.25. The van der Waals surface area contributed by atoms with Gasteiger partial charge in [0.05, 0.1) is 18.8 Å². The molecule has 5 nitrogen and oxygen atoms in total. The highest BCUT2D eigenvalue weighted by molar-refractivity contribution is 5.10. The molecule has 84 valence electrons. The van der Waals surface area contributed by atoms with Crippen molar-refractivity contribution in [2.75, 3.05) is 0 Å². The SMILES string of the molecule is NC1CCCc2nnc(Cc3ccco3)n21. The molecule has 1 aliphatic heterocycles. The van der Waals surface area contributed by atoms with Gasteiger partial charge < -0.3 is 10.2 Å². The number of nitrogens with zero attached hydrogens (tertiary/aromatic N) is 3. The number of furan rings is 1. The molecule has 1 aliphatic rings. The molecule has 3 heterocycles. The van der Waals surface area contributed by atoms with E-state index in [2.05, 4.69) is 10.2 Å². The summed E-state index contributed by atoms with van der Waals surface area (Å²) in [4.78, 5) is 0. The predicted molar refractivity (Wildman–Crippen MR) is 57.7 cm³/mol. The van der Waals surface area contributed by atoms with Crippen molar-refractivity contribution in [2.24, 2.45) is 5.73 Å². The Bertz CT molecular complexity index is 474. The first-order chi connectivity index (χ1) is 7.84. The third-order valence-corrected chi connectivity index (χ3v) is 2.98. The normalized spacial score (nSPS) is 19.7. The molecule has 0 bridgehead atoms. The topological polar surface area (TPSA) is 69.9 Å². The summed E-state index contributed by atoms with van der Waals surface area (Å²) in [6.45, 7) is 0. The van der Waals surface area contributed by atoms with E-state index in [9.17, 15) is 0 Å². The van der Waals surface area contributed by atoms with Crippen LogP contribution in [0.4, 0.5) is 0 Å². The number of nitrogens with two attached hydrogens (primary N) is 1. The van der Waals surface area contributed by atoms with Gasteiger partial charge in [0.25, 0.3) is 0 Å². The van der Waals surface area contributed by atoms with E-state index in [0.29, 0.717) is 6.42 Å².